The summed E-state index contributed by atoms with van der Waals surface area (Å²) in [5.74, 6) is 1.55. The van der Waals surface area contributed by atoms with Gasteiger partial charge in [-0.25, -0.2) is 0 Å². The second-order valence-electron chi connectivity index (χ2n) is 18.8. The predicted octanol–water partition coefficient (Wildman–Crippen LogP) is 11.4. The Hall–Kier alpha value is -5.42. The molecule has 9 rings (SSSR count). The number of hydrogen-bond acceptors (Lipinski definition) is 4. The van der Waals surface area contributed by atoms with Crippen LogP contribution in [0.25, 0.3) is 11.1 Å². The largest absolute Gasteiger partial charge is 0.454 e. The molecule has 0 spiro atoms. The first-order valence-electron chi connectivity index (χ1n) is 19.7. The molecule has 0 saturated heterocycles. The Morgan fingerprint density at radius 2 is 1.00 bits per heavy atom. The fraction of sp³-hybridized carbons (Fsp3) is 0.280. The molecule has 0 bridgehead atoms. The van der Waals surface area contributed by atoms with Gasteiger partial charge in [-0.05, 0) is 110 Å². The van der Waals surface area contributed by atoms with Crippen LogP contribution in [0.1, 0.15) is 84.6 Å². The first-order valence-corrected chi connectivity index (χ1v) is 19.7. The Labute approximate surface area is 327 Å². The van der Waals surface area contributed by atoms with Gasteiger partial charge in [-0.3, -0.25) is 0 Å². The van der Waals surface area contributed by atoms with E-state index in [9.17, 15) is 0 Å². The molecular weight excluding hydrogens is 671 g/mol. The van der Waals surface area contributed by atoms with Crippen LogP contribution in [0.3, 0.4) is 0 Å². The van der Waals surface area contributed by atoms with Crippen molar-refractivity contribution in [3.63, 3.8) is 0 Å². The lowest BCUT2D eigenvalue weighted by Gasteiger charge is -2.45. The van der Waals surface area contributed by atoms with Crippen LogP contribution in [0.15, 0.2) is 115 Å². The zero-order valence-electron chi connectivity index (χ0n) is 34.0. The minimum atomic E-state index is -0.0320. The second kappa shape index (κ2) is 12.3. The Bertz CT molecular complexity index is 2480. The molecule has 3 aliphatic heterocycles. The Balaban J connectivity index is 1.39. The molecule has 0 atom stereocenters. The average Bonchev–Trinajstić information content (AvgIpc) is 3.61. The molecule has 6 aromatic rings. The molecule has 6 aromatic carbocycles. The number of anilines is 6. The average molecular weight is 723 g/mol. The summed E-state index contributed by atoms with van der Waals surface area (Å²) in [6, 6.07) is 43.5. The van der Waals surface area contributed by atoms with Crippen LogP contribution in [-0.4, -0.2) is 13.5 Å². The fourth-order valence-electron chi connectivity index (χ4n) is 8.69. The van der Waals surface area contributed by atoms with Gasteiger partial charge in [-0.2, -0.15) is 0 Å². The molecule has 3 heterocycles. The van der Waals surface area contributed by atoms with E-state index in [-0.39, 0.29) is 29.8 Å². The van der Waals surface area contributed by atoms with E-state index < -0.39 is 0 Å². The third-order valence-corrected chi connectivity index (χ3v) is 11.8. The van der Waals surface area contributed by atoms with Crippen LogP contribution in [0.5, 0.6) is 11.5 Å². The Morgan fingerprint density at radius 3 is 1.56 bits per heavy atom. The van der Waals surface area contributed by atoms with E-state index in [4.69, 9.17) is 9.47 Å². The number of nitrogens with zero attached hydrogens (tertiary/aromatic N) is 2. The summed E-state index contributed by atoms with van der Waals surface area (Å²) >= 11 is 0. The van der Waals surface area contributed by atoms with Crippen molar-refractivity contribution in [2.24, 2.45) is 0 Å². The highest BCUT2D eigenvalue weighted by Gasteiger charge is 2.45. The van der Waals surface area contributed by atoms with Gasteiger partial charge in [-0.1, -0.05) is 129 Å². The third kappa shape index (κ3) is 5.82. The molecule has 5 heteroatoms. The maximum atomic E-state index is 6.10. The normalized spacial score (nSPS) is 14.5. The fourth-order valence-corrected chi connectivity index (χ4v) is 8.69. The number of ether oxygens (including phenoxy) is 2. The molecule has 0 saturated carbocycles. The van der Waals surface area contributed by atoms with E-state index in [2.05, 4.69) is 194 Å². The first kappa shape index (κ1) is 35.3. The van der Waals surface area contributed by atoms with E-state index in [0.29, 0.717) is 0 Å². The monoisotopic (exact) mass is 722 g/mol. The number of benzene rings is 6. The smallest absolute Gasteiger partial charge is 0.252 e. The van der Waals surface area contributed by atoms with Crippen LogP contribution < -0.4 is 35.7 Å². The highest BCUT2D eigenvalue weighted by molar-refractivity contribution is 7.00. The summed E-state index contributed by atoms with van der Waals surface area (Å²) in [4.78, 5) is 5.03. The topological polar surface area (TPSA) is 24.9 Å². The van der Waals surface area contributed by atoms with E-state index in [1.807, 2.05) is 0 Å². The lowest BCUT2D eigenvalue weighted by Crippen LogP contribution is -2.61. The van der Waals surface area contributed by atoms with Gasteiger partial charge in [0.2, 0.25) is 6.79 Å². The highest BCUT2D eigenvalue weighted by Crippen LogP contribution is 2.50. The second-order valence-corrected chi connectivity index (χ2v) is 18.8. The van der Waals surface area contributed by atoms with Crippen LogP contribution in [0.2, 0.25) is 0 Å². The zero-order chi connectivity index (χ0) is 38.6. The number of fused-ring (bicyclic) bond motifs is 5. The van der Waals surface area contributed by atoms with E-state index in [0.717, 1.165) is 34.0 Å². The molecule has 0 N–H and O–H groups in total. The molecule has 55 heavy (non-hydrogen) atoms. The lowest BCUT2D eigenvalue weighted by atomic mass is 9.33. The quantitative estimate of drug-likeness (QED) is 0.170. The summed E-state index contributed by atoms with van der Waals surface area (Å²) in [6.07, 6.45) is 0. The summed E-state index contributed by atoms with van der Waals surface area (Å²) in [7, 11) is 0. The number of aryl methyl sites for hydroxylation is 1. The van der Waals surface area contributed by atoms with Crippen LogP contribution >= 0.6 is 0 Å². The maximum absolute atomic E-state index is 6.10. The first-order chi connectivity index (χ1) is 26.1. The van der Waals surface area contributed by atoms with Gasteiger partial charge >= 0.3 is 0 Å². The van der Waals surface area contributed by atoms with Crippen molar-refractivity contribution >= 4 is 57.2 Å². The highest BCUT2D eigenvalue weighted by atomic mass is 16.7. The molecule has 0 amide bonds. The molecule has 0 aliphatic carbocycles. The van der Waals surface area contributed by atoms with E-state index in [1.54, 1.807) is 0 Å². The van der Waals surface area contributed by atoms with Gasteiger partial charge in [0.15, 0.2) is 11.5 Å². The minimum absolute atomic E-state index is 0.0154. The van der Waals surface area contributed by atoms with Gasteiger partial charge in [0.05, 0.1) is 5.69 Å². The van der Waals surface area contributed by atoms with Gasteiger partial charge in [-0.15, -0.1) is 0 Å². The van der Waals surface area contributed by atoms with Gasteiger partial charge in [0.1, 0.15) is 0 Å². The number of hydrogen-bond donors (Lipinski definition) is 0. The third-order valence-electron chi connectivity index (χ3n) is 11.8. The van der Waals surface area contributed by atoms with Crippen molar-refractivity contribution in [1.82, 2.24) is 0 Å². The summed E-state index contributed by atoms with van der Waals surface area (Å²) in [5, 5.41) is 0. The summed E-state index contributed by atoms with van der Waals surface area (Å²) < 4.78 is 12.1. The van der Waals surface area contributed by atoms with Gasteiger partial charge in [0.25, 0.3) is 6.71 Å². The molecular formula is C50H51BN2O2. The van der Waals surface area contributed by atoms with Crippen molar-refractivity contribution < 1.29 is 9.47 Å². The van der Waals surface area contributed by atoms with Crippen molar-refractivity contribution in [3.05, 3.63) is 138 Å². The molecule has 276 valence electrons. The summed E-state index contributed by atoms with van der Waals surface area (Å²) in [6.45, 7) is 23.2. The van der Waals surface area contributed by atoms with Gasteiger partial charge < -0.3 is 19.3 Å². The standard InChI is InChI=1S/C50H51BN2O2/c1-31-24-43-47-44(25-31)53(42-29-46-45(54-30-55-46)28-37(42)32-14-12-11-13-15-32)41-23-19-35(50(8,9)10)27-39(41)51(47)38-26-34(49(5,6)7)18-22-40(38)52(43)36-20-16-33(17-21-36)48(2,3)4/h11-29H,30H2,1-10H3. The molecule has 0 unspecified atom stereocenters. The predicted molar refractivity (Wildman–Crippen MR) is 233 cm³/mol. The Morgan fingerprint density at radius 1 is 0.491 bits per heavy atom. The SMILES string of the molecule is Cc1cc2c3c(c1)N(c1cc4c(cc1-c1ccccc1)OCO4)c1ccc(C(C)(C)C)cc1B3c1cc(C(C)(C)C)ccc1N2c1ccc(C(C)(C)C)cc1. The maximum Gasteiger partial charge on any atom is 0.252 e. The van der Waals surface area contributed by atoms with Crippen LogP contribution in [0.4, 0.5) is 34.1 Å². The van der Waals surface area contributed by atoms with Crippen molar-refractivity contribution in [1.29, 1.82) is 0 Å². The zero-order valence-corrected chi connectivity index (χ0v) is 34.0. The minimum Gasteiger partial charge on any atom is -0.454 e. The molecule has 0 radical (unpaired) electrons. The molecule has 0 fully saturated rings. The van der Waals surface area contributed by atoms with E-state index in [1.165, 1.54) is 61.4 Å². The van der Waals surface area contributed by atoms with Crippen molar-refractivity contribution in [3.8, 4) is 22.6 Å². The van der Waals surface area contributed by atoms with Crippen LogP contribution in [-0.2, 0) is 16.2 Å². The van der Waals surface area contributed by atoms with Gasteiger partial charge in [0, 0.05) is 40.1 Å². The van der Waals surface area contributed by atoms with Crippen molar-refractivity contribution in [2.45, 2.75) is 85.5 Å². The van der Waals surface area contributed by atoms with Crippen LogP contribution in [0, 0.1) is 6.92 Å². The Kier molecular flexibility index (Phi) is 7.89. The van der Waals surface area contributed by atoms with E-state index >= 15 is 0 Å². The molecule has 4 nitrogen and oxygen atoms in total. The summed E-state index contributed by atoms with van der Waals surface area (Å²) in [5.41, 5.74) is 18.5. The number of rotatable bonds is 3. The van der Waals surface area contributed by atoms with Crippen molar-refractivity contribution in [2.75, 3.05) is 16.6 Å². The molecule has 3 aliphatic rings. The lowest BCUT2D eigenvalue weighted by molar-refractivity contribution is 0.174. The molecule has 0 aromatic heterocycles.